The van der Waals surface area contributed by atoms with Gasteiger partial charge in [-0.25, -0.2) is 4.98 Å². The van der Waals surface area contributed by atoms with Gasteiger partial charge in [-0.3, -0.25) is 23.9 Å². The molecule has 10 nitrogen and oxygen atoms in total. The molecule has 0 bridgehead atoms. The van der Waals surface area contributed by atoms with Crippen LogP contribution in [0.2, 0.25) is 0 Å². The highest BCUT2D eigenvalue weighted by atomic mass is 32.1. The predicted octanol–water partition coefficient (Wildman–Crippen LogP) is 4.47. The van der Waals surface area contributed by atoms with Crippen LogP contribution in [0.15, 0.2) is 84.3 Å². The standard InChI is InChI=1S/C36H38N6O4S/c1-24-20-30(26-8-14-37-15-9-26)47-31(24)35(45)41-17-11-27(29(21-41)25-6-4-3-5-7-25)33(43)40-18-12-36(46,13-19-40)22-42-23-38-32-28(34(42)44)10-16-39(32)2/h3-10,14-16,20,23,27,29,46H,11-13,17-19,21-22H2,1-2H3/t27-,29+/m1/s1. The van der Waals surface area contributed by atoms with E-state index >= 15 is 0 Å². The Hall–Kier alpha value is -4.61. The molecule has 4 aromatic heterocycles. The lowest BCUT2D eigenvalue weighted by Crippen LogP contribution is -2.53. The fourth-order valence-corrected chi connectivity index (χ4v) is 8.26. The van der Waals surface area contributed by atoms with Crippen molar-refractivity contribution in [2.75, 3.05) is 26.2 Å². The Kier molecular flexibility index (Phi) is 8.27. The summed E-state index contributed by atoms with van der Waals surface area (Å²) in [6.45, 7) is 3.86. The van der Waals surface area contributed by atoms with Gasteiger partial charge in [0.25, 0.3) is 11.5 Å². The predicted molar refractivity (Wildman–Crippen MR) is 181 cm³/mol. The number of rotatable bonds is 6. The topological polar surface area (TPSA) is 114 Å². The van der Waals surface area contributed by atoms with Crippen LogP contribution in [0, 0.1) is 12.8 Å². The van der Waals surface area contributed by atoms with E-state index in [1.165, 1.54) is 22.2 Å². The second-order valence-electron chi connectivity index (χ2n) is 12.9. The van der Waals surface area contributed by atoms with Crippen LogP contribution in [-0.2, 0) is 18.4 Å². The Morgan fingerprint density at radius 1 is 1.02 bits per heavy atom. The number of aliphatic hydroxyl groups is 1. The van der Waals surface area contributed by atoms with Crippen LogP contribution in [-0.4, -0.2) is 77.6 Å². The second-order valence-corrected chi connectivity index (χ2v) is 14.0. The molecule has 2 fully saturated rings. The first-order valence-electron chi connectivity index (χ1n) is 16.1. The molecule has 6 heterocycles. The van der Waals surface area contributed by atoms with E-state index in [2.05, 4.69) is 16.0 Å². The van der Waals surface area contributed by atoms with Crippen LogP contribution >= 0.6 is 11.3 Å². The summed E-state index contributed by atoms with van der Waals surface area (Å²) in [6.07, 6.45) is 8.09. The number of piperidine rings is 2. The van der Waals surface area contributed by atoms with Crippen molar-refractivity contribution in [2.24, 2.45) is 13.0 Å². The third kappa shape index (κ3) is 6.01. The monoisotopic (exact) mass is 650 g/mol. The van der Waals surface area contributed by atoms with Crippen molar-refractivity contribution in [1.82, 2.24) is 28.9 Å². The highest BCUT2D eigenvalue weighted by molar-refractivity contribution is 7.17. The number of hydrogen-bond donors (Lipinski definition) is 1. The third-order valence-electron chi connectivity index (χ3n) is 9.84. The summed E-state index contributed by atoms with van der Waals surface area (Å²) in [5, 5.41) is 12.0. The fourth-order valence-electron chi connectivity index (χ4n) is 7.11. The van der Waals surface area contributed by atoms with Gasteiger partial charge in [0.1, 0.15) is 12.0 Å². The summed E-state index contributed by atoms with van der Waals surface area (Å²) in [5.74, 6) is -0.368. The van der Waals surface area contributed by atoms with Crippen LogP contribution in [0.5, 0.6) is 0 Å². The van der Waals surface area contributed by atoms with Gasteiger partial charge in [0.2, 0.25) is 5.91 Å². The Balaban J connectivity index is 1.05. The molecule has 0 spiro atoms. The van der Waals surface area contributed by atoms with Crippen LogP contribution in [0.25, 0.3) is 21.5 Å². The van der Waals surface area contributed by atoms with Gasteiger partial charge in [0.15, 0.2) is 0 Å². The minimum atomic E-state index is -1.12. The number of hydrogen-bond acceptors (Lipinski definition) is 7. The van der Waals surface area contributed by atoms with Crippen LogP contribution in [0.4, 0.5) is 0 Å². The van der Waals surface area contributed by atoms with E-state index in [-0.39, 0.29) is 35.8 Å². The van der Waals surface area contributed by atoms with Crippen molar-refractivity contribution in [1.29, 1.82) is 0 Å². The molecule has 11 heteroatoms. The molecule has 5 aromatic rings. The maximum absolute atomic E-state index is 14.1. The van der Waals surface area contributed by atoms with Crippen molar-refractivity contribution < 1.29 is 14.7 Å². The molecular formula is C36H38N6O4S. The normalized spacial score (nSPS) is 19.6. The maximum atomic E-state index is 14.1. The van der Waals surface area contributed by atoms with Gasteiger partial charge < -0.3 is 19.5 Å². The number of benzene rings is 1. The van der Waals surface area contributed by atoms with Gasteiger partial charge in [0, 0.05) is 68.5 Å². The molecular weight excluding hydrogens is 613 g/mol. The highest BCUT2D eigenvalue weighted by Gasteiger charge is 2.42. The molecule has 2 aliphatic rings. The van der Waals surface area contributed by atoms with E-state index in [0.717, 1.165) is 26.4 Å². The molecule has 0 unspecified atom stereocenters. The van der Waals surface area contributed by atoms with E-state index in [1.807, 2.05) is 66.2 Å². The lowest BCUT2D eigenvalue weighted by Gasteiger charge is -2.43. The maximum Gasteiger partial charge on any atom is 0.264 e. The summed E-state index contributed by atoms with van der Waals surface area (Å²) < 4.78 is 3.28. The lowest BCUT2D eigenvalue weighted by molar-refractivity contribution is -0.142. The average molecular weight is 651 g/mol. The number of pyridine rings is 1. The average Bonchev–Trinajstić information content (AvgIpc) is 3.68. The van der Waals surface area contributed by atoms with Crippen molar-refractivity contribution in [3.63, 3.8) is 0 Å². The Labute approximate surface area is 276 Å². The quantitative estimate of drug-likeness (QED) is 0.290. The zero-order valence-electron chi connectivity index (χ0n) is 26.6. The van der Waals surface area contributed by atoms with Crippen LogP contribution in [0.1, 0.15) is 46.0 Å². The molecule has 242 valence electrons. The Bertz CT molecular complexity index is 1980. The molecule has 1 N–H and O–H groups in total. The number of carbonyl (C=O) groups is 2. The SMILES string of the molecule is Cc1cc(-c2ccncc2)sc1C(=O)N1CC[C@@H](C(=O)N2CCC(O)(Cn3cnc4c(ccn4C)c3=O)CC2)[C@H](c2ccccc2)C1. The minimum Gasteiger partial charge on any atom is -0.388 e. The molecule has 0 saturated carbocycles. The molecule has 1 aromatic carbocycles. The number of aryl methyl sites for hydroxylation is 2. The summed E-state index contributed by atoms with van der Waals surface area (Å²) in [4.78, 5) is 55.2. The van der Waals surface area contributed by atoms with Crippen molar-refractivity contribution in [3.8, 4) is 10.4 Å². The number of likely N-dealkylation sites (tertiary alicyclic amines) is 2. The molecule has 47 heavy (non-hydrogen) atoms. The first-order valence-corrected chi connectivity index (χ1v) is 16.9. The number of fused-ring (bicyclic) bond motifs is 1. The van der Waals surface area contributed by atoms with Gasteiger partial charge in [0.05, 0.1) is 22.4 Å². The van der Waals surface area contributed by atoms with Crippen molar-refractivity contribution in [3.05, 3.63) is 106 Å². The molecule has 7 rings (SSSR count). The fraction of sp³-hybridized carbons (Fsp3) is 0.361. The van der Waals surface area contributed by atoms with Crippen LogP contribution in [0.3, 0.4) is 0 Å². The summed E-state index contributed by atoms with van der Waals surface area (Å²) in [7, 11) is 1.84. The van der Waals surface area contributed by atoms with E-state index in [9.17, 15) is 19.5 Å². The molecule has 0 radical (unpaired) electrons. The molecule has 2 amide bonds. The largest absolute Gasteiger partial charge is 0.388 e. The Morgan fingerprint density at radius 3 is 2.51 bits per heavy atom. The molecule has 2 atom stereocenters. The first-order chi connectivity index (χ1) is 22.7. The zero-order chi connectivity index (χ0) is 32.7. The lowest BCUT2D eigenvalue weighted by atomic mass is 9.79. The number of amides is 2. The van der Waals surface area contributed by atoms with Gasteiger partial charge in [-0.05, 0) is 67.1 Å². The van der Waals surface area contributed by atoms with Gasteiger partial charge >= 0.3 is 0 Å². The van der Waals surface area contributed by atoms with E-state index in [1.54, 1.807) is 29.2 Å². The van der Waals surface area contributed by atoms with E-state index in [0.29, 0.717) is 56.5 Å². The number of nitrogens with zero attached hydrogens (tertiary/aromatic N) is 6. The zero-order valence-corrected chi connectivity index (χ0v) is 27.4. The summed E-state index contributed by atoms with van der Waals surface area (Å²) in [5.41, 5.74) is 2.34. The molecule has 2 saturated heterocycles. The van der Waals surface area contributed by atoms with E-state index < -0.39 is 5.60 Å². The first kappa shape index (κ1) is 31.0. The smallest absolute Gasteiger partial charge is 0.264 e. The second kappa shape index (κ2) is 12.5. The number of carbonyl (C=O) groups excluding carboxylic acids is 2. The van der Waals surface area contributed by atoms with Crippen molar-refractivity contribution >= 4 is 34.2 Å². The summed E-state index contributed by atoms with van der Waals surface area (Å²) >= 11 is 1.50. The van der Waals surface area contributed by atoms with Gasteiger partial charge in [-0.1, -0.05) is 30.3 Å². The van der Waals surface area contributed by atoms with E-state index in [4.69, 9.17) is 0 Å². The number of thiophene rings is 1. The van der Waals surface area contributed by atoms with Gasteiger partial charge in [-0.15, -0.1) is 11.3 Å². The highest BCUT2D eigenvalue weighted by Crippen LogP contribution is 2.38. The van der Waals surface area contributed by atoms with Gasteiger partial charge in [-0.2, -0.15) is 0 Å². The number of aromatic nitrogens is 4. The molecule has 0 aliphatic carbocycles. The minimum absolute atomic E-state index is 0.00101. The van der Waals surface area contributed by atoms with Crippen molar-refractivity contribution in [2.45, 2.75) is 44.2 Å². The summed E-state index contributed by atoms with van der Waals surface area (Å²) in [6, 6.07) is 17.7. The Morgan fingerprint density at radius 2 is 1.77 bits per heavy atom. The third-order valence-corrected chi connectivity index (χ3v) is 11.1. The van der Waals surface area contributed by atoms with Crippen LogP contribution < -0.4 is 5.56 Å². The molecule has 2 aliphatic heterocycles.